The van der Waals surface area contributed by atoms with Gasteiger partial charge in [-0.25, -0.2) is 4.79 Å². The SMILES string of the molecule is Cn1c(=O)oc2ccc(NCCCOc3ccc(C#N)cc3)cc21. The summed E-state index contributed by atoms with van der Waals surface area (Å²) in [5.41, 5.74) is 2.89. The Hall–Kier alpha value is -3.20. The predicted molar refractivity (Wildman–Crippen MR) is 91.2 cm³/mol. The average Bonchev–Trinajstić information content (AvgIpc) is 2.89. The Balaban J connectivity index is 1.48. The van der Waals surface area contributed by atoms with Crippen LogP contribution in [0.5, 0.6) is 5.75 Å². The molecule has 122 valence electrons. The van der Waals surface area contributed by atoms with Crippen LogP contribution in [-0.4, -0.2) is 17.7 Å². The van der Waals surface area contributed by atoms with E-state index in [0.29, 0.717) is 17.8 Å². The van der Waals surface area contributed by atoms with E-state index in [4.69, 9.17) is 14.4 Å². The third-order valence-corrected chi connectivity index (χ3v) is 3.69. The van der Waals surface area contributed by atoms with Gasteiger partial charge in [0.25, 0.3) is 0 Å². The van der Waals surface area contributed by atoms with Gasteiger partial charge in [-0.1, -0.05) is 0 Å². The maximum Gasteiger partial charge on any atom is 0.419 e. The summed E-state index contributed by atoms with van der Waals surface area (Å²) in [6.07, 6.45) is 0.822. The minimum atomic E-state index is -0.363. The molecular formula is C18H17N3O3. The van der Waals surface area contributed by atoms with Crippen molar-refractivity contribution in [2.24, 2.45) is 7.05 Å². The van der Waals surface area contributed by atoms with Crippen molar-refractivity contribution >= 4 is 16.8 Å². The molecule has 1 N–H and O–H groups in total. The van der Waals surface area contributed by atoms with Crippen molar-refractivity contribution in [2.75, 3.05) is 18.5 Å². The zero-order valence-electron chi connectivity index (χ0n) is 13.3. The molecule has 0 spiro atoms. The van der Waals surface area contributed by atoms with E-state index >= 15 is 0 Å². The quantitative estimate of drug-likeness (QED) is 0.706. The molecule has 3 aromatic rings. The number of rotatable bonds is 6. The van der Waals surface area contributed by atoms with Gasteiger partial charge in [-0.05, 0) is 48.9 Å². The molecule has 0 bridgehead atoms. The third kappa shape index (κ3) is 3.41. The van der Waals surface area contributed by atoms with Gasteiger partial charge in [0.2, 0.25) is 0 Å². The number of hydrogen-bond donors (Lipinski definition) is 1. The van der Waals surface area contributed by atoms with Crippen molar-refractivity contribution in [3.05, 3.63) is 58.6 Å². The molecule has 0 aliphatic heterocycles. The number of benzene rings is 2. The fraction of sp³-hybridized carbons (Fsp3) is 0.222. The summed E-state index contributed by atoms with van der Waals surface area (Å²) >= 11 is 0. The lowest BCUT2D eigenvalue weighted by Crippen LogP contribution is -2.09. The summed E-state index contributed by atoms with van der Waals surface area (Å²) in [5, 5.41) is 12.0. The molecule has 6 heteroatoms. The first-order valence-corrected chi connectivity index (χ1v) is 7.64. The van der Waals surface area contributed by atoms with Crippen LogP contribution >= 0.6 is 0 Å². The van der Waals surface area contributed by atoms with Crippen molar-refractivity contribution in [3.63, 3.8) is 0 Å². The van der Waals surface area contributed by atoms with E-state index in [9.17, 15) is 4.79 Å². The summed E-state index contributed by atoms with van der Waals surface area (Å²) in [6, 6.07) is 14.7. The number of nitriles is 1. The fourth-order valence-electron chi connectivity index (χ4n) is 2.36. The first-order valence-electron chi connectivity index (χ1n) is 7.64. The fourth-order valence-corrected chi connectivity index (χ4v) is 2.36. The number of nitrogens with zero attached hydrogens (tertiary/aromatic N) is 2. The number of aryl methyl sites for hydroxylation is 1. The molecule has 0 fully saturated rings. The van der Waals surface area contributed by atoms with E-state index in [2.05, 4.69) is 11.4 Å². The second-order valence-electron chi connectivity index (χ2n) is 5.37. The van der Waals surface area contributed by atoms with E-state index < -0.39 is 0 Å². The molecular weight excluding hydrogens is 306 g/mol. The van der Waals surface area contributed by atoms with Gasteiger partial charge in [-0.15, -0.1) is 0 Å². The van der Waals surface area contributed by atoms with E-state index in [1.165, 1.54) is 4.57 Å². The zero-order valence-corrected chi connectivity index (χ0v) is 13.3. The topological polar surface area (TPSA) is 80.2 Å². The molecule has 0 saturated heterocycles. The Morgan fingerprint density at radius 2 is 2.04 bits per heavy atom. The van der Waals surface area contributed by atoms with Crippen molar-refractivity contribution in [1.29, 1.82) is 5.26 Å². The van der Waals surface area contributed by atoms with Crippen molar-refractivity contribution in [2.45, 2.75) is 6.42 Å². The van der Waals surface area contributed by atoms with Gasteiger partial charge in [0, 0.05) is 19.3 Å². The first-order chi connectivity index (χ1) is 11.7. The van der Waals surface area contributed by atoms with E-state index in [-0.39, 0.29) is 5.76 Å². The Labute approximate surface area is 138 Å². The molecule has 2 aromatic carbocycles. The van der Waals surface area contributed by atoms with E-state index in [0.717, 1.165) is 29.9 Å². The smallest absolute Gasteiger partial charge is 0.419 e. The van der Waals surface area contributed by atoms with Crippen molar-refractivity contribution in [3.8, 4) is 11.8 Å². The highest BCUT2D eigenvalue weighted by Gasteiger charge is 2.06. The Bertz CT molecular complexity index is 933. The van der Waals surface area contributed by atoms with Crippen molar-refractivity contribution in [1.82, 2.24) is 4.57 Å². The molecule has 6 nitrogen and oxygen atoms in total. The monoisotopic (exact) mass is 323 g/mol. The largest absolute Gasteiger partial charge is 0.494 e. The number of nitrogens with one attached hydrogen (secondary N) is 1. The van der Waals surface area contributed by atoms with Gasteiger partial charge in [0.15, 0.2) is 5.58 Å². The molecule has 0 unspecified atom stereocenters. The number of aromatic nitrogens is 1. The Morgan fingerprint density at radius 1 is 1.25 bits per heavy atom. The summed E-state index contributed by atoms with van der Waals surface area (Å²) < 4.78 is 12.2. The lowest BCUT2D eigenvalue weighted by Gasteiger charge is -2.08. The van der Waals surface area contributed by atoms with Gasteiger partial charge in [-0.3, -0.25) is 4.57 Å². The highest BCUT2D eigenvalue weighted by Crippen LogP contribution is 2.17. The number of fused-ring (bicyclic) bond motifs is 1. The second-order valence-corrected chi connectivity index (χ2v) is 5.37. The number of anilines is 1. The van der Waals surface area contributed by atoms with Crippen LogP contribution in [0.2, 0.25) is 0 Å². The number of oxazole rings is 1. The highest BCUT2D eigenvalue weighted by atomic mass is 16.5. The van der Waals surface area contributed by atoms with Gasteiger partial charge in [0.1, 0.15) is 5.75 Å². The molecule has 0 atom stereocenters. The van der Waals surface area contributed by atoms with Crippen LogP contribution in [0.1, 0.15) is 12.0 Å². The summed E-state index contributed by atoms with van der Waals surface area (Å²) in [7, 11) is 1.68. The van der Waals surface area contributed by atoms with E-state index in [1.54, 1.807) is 37.4 Å². The van der Waals surface area contributed by atoms with Crippen molar-refractivity contribution < 1.29 is 9.15 Å². The molecule has 0 radical (unpaired) electrons. The second kappa shape index (κ2) is 6.92. The van der Waals surface area contributed by atoms with Gasteiger partial charge in [-0.2, -0.15) is 5.26 Å². The average molecular weight is 323 g/mol. The van der Waals surface area contributed by atoms with Crippen LogP contribution in [0.4, 0.5) is 5.69 Å². The molecule has 0 aliphatic carbocycles. The molecule has 0 amide bonds. The molecule has 3 rings (SSSR count). The van der Waals surface area contributed by atoms with E-state index in [1.807, 2.05) is 12.1 Å². The maximum atomic E-state index is 11.5. The maximum absolute atomic E-state index is 11.5. The molecule has 1 aromatic heterocycles. The molecule has 24 heavy (non-hydrogen) atoms. The summed E-state index contributed by atoms with van der Waals surface area (Å²) in [6.45, 7) is 1.32. The lowest BCUT2D eigenvalue weighted by atomic mass is 10.2. The van der Waals surface area contributed by atoms with Gasteiger partial charge in [0.05, 0.1) is 23.8 Å². The standard InChI is InChI=1S/C18H17N3O3/c1-21-16-11-14(5-8-17(16)24-18(21)22)20-9-2-10-23-15-6-3-13(12-19)4-7-15/h3-8,11,20H,2,9-10H2,1H3. The number of ether oxygens (including phenoxy) is 1. The zero-order chi connectivity index (χ0) is 16.9. The molecule has 0 aliphatic rings. The summed E-state index contributed by atoms with van der Waals surface area (Å²) in [4.78, 5) is 11.5. The lowest BCUT2D eigenvalue weighted by molar-refractivity contribution is 0.315. The van der Waals surface area contributed by atoms with Crippen LogP contribution in [0.3, 0.4) is 0 Å². The molecule has 0 saturated carbocycles. The van der Waals surface area contributed by atoms with Gasteiger partial charge < -0.3 is 14.5 Å². The predicted octanol–water partition coefficient (Wildman–Crippen LogP) is 2.88. The minimum absolute atomic E-state index is 0.363. The summed E-state index contributed by atoms with van der Waals surface area (Å²) in [5.74, 6) is 0.391. The Kier molecular flexibility index (Phi) is 4.52. The van der Waals surface area contributed by atoms with Gasteiger partial charge >= 0.3 is 5.76 Å². The van der Waals surface area contributed by atoms with Crippen LogP contribution in [0, 0.1) is 11.3 Å². The third-order valence-electron chi connectivity index (χ3n) is 3.69. The highest BCUT2D eigenvalue weighted by molar-refractivity contribution is 5.77. The van der Waals surface area contributed by atoms with Crippen LogP contribution in [-0.2, 0) is 7.05 Å². The molecule has 1 heterocycles. The minimum Gasteiger partial charge on any atom is -0.494 e. The Morgan fingerprint density at radius 3 is 2.79 bits per heavy atom. The normalized spacial score (nSPS) is 10.5. The first kappa shape index (κ1) is 15.7. The van der Waals surface area contributed by atoms with Crippen LogP contribution in [0.15, 0.2) is 51.7 Å². The van der Waals surface area contributed by atoms with Crippen LogP contribution in [0.25, 0.3) is 11.1 Å². The van der Waals surface area contributed by atoms with Crippen LogP contribution < -0.4 is 15.8 Å². The number of hydrogen-bond acceptors (Lipinski definition) is 5.